The Morgan fingerprint density at radius 1 is 1.15 bits per heavy atom. The Morgan fingerprint density at radius 2 is 1.85 bits per heavy atom. The van der Waals surface area contributed by atoms with Crippen LogP contribution in [0.1, 0.15) is 71.9 Å². The van der Waals surface area contributed by atoms with E-state index >= 15 is 4.39 Å². The van der Waals surface area contributed by atoms with Gasteiger partial charge in [-0.3, -0.25) is 4.79 Å². The third-order valence-electron chi connectivity index (χ3n) is 8.11. The van der Waals surface area contributed by atoms with Crippen molar-refractivity contribution in [2.75, 3.05) is 24.1 Å². The van der Waals surface area contributed by atoms with Crippen molar-refractivity contribution in [3.8, 4) is 11.1 Å². The van der Waals surface area contributed by atoms with Crippen molar-refractivity contribution >= 4 is 42.9 Å². The first kappa shape index (κ1) is 31.4. The van der Waals surface area contributed by atoms with Crippen LogP contribution in [0, 0.1) is 18.7 Å². The maximum atomic E-state index is 15.0. The molecule has 1 unspecified atom stereocenters. The van der Waals surface area contributed by atoms with Gasteiger partial charge in [-0.05, 0) is 87.4 Å². The van der Waals surface area contributed by atoms with Crippen LogP contribution in [-0.2, 0) is 14.7 Å². The zero-order valence-corrected chi connectivity index (χ0v) is 27.4. The van der Waals surface area contributed by atoms with Crippen molar-refractivity contribution in [2.45, 2.75) is 84.1 Å². The van der Waals surface area contributed by atoms with Gasteiger partial charge < -0.3 is 9.88 Å². The summed E-state index contributed by atoms with van der Waals surface area (Å²) in [4.78, 5) is 22.0. The van der Waals surface area contributed by atoms with Crippen LogP contribution in [0.2, 0.25) is 0 Å². The van der Waals surface area contributed by atoms with Crippen LogP contribution in [0.3, 0.4) is 0 Å². The normalized spacial score (nSPS) is 20.2. The predicted octanol–water partition coefficient (Wildman–Crippen LogP) is 7.00. The van der Waals surface area contributed by atoms with E-state index in [0.29, 0.717) is 23.3 Å². The third kappa shape index (κ3) is 7.11. The quantitative estimate of drug-likeness (QED) is 0.303. The van der Waals surface area contributed by atoms with Gasteiger partial charge in [0.05, 0.1) is 11.8 Å². The van der Waals surface area contributed by atoms with Gasteiger partial charge in [0, 0.05) is 35.2 Å². The smallest absolute Gasteiger partial charge is 0.228 e. The van der Waals surface area contributed by atoms with Crippen LogP contribution in [0.4, 0.5) is 10.2 Å². The Bertz CT molecular complexity index is 1570. The fraction of sp³-hybridized carbons (Fsp3) is 0.567. The van der Waals surface area contributed by atoms with E-state index in [1.54, 1.807) is 24.8 Å². The number of benzene rings is 1. The number of carbonyl (C=O) groups excluding carboxylic acids is 1. The lowest BCUT2D eigenvalue weighted by atomic mass is 9.85. The second-order valence-electron chi connectivity index (χ2n) is 12.9. The fourth-order valence-corrected chi connectivity index (χ4v) is 9.87. The molecule has 3 aromatic rings. The molecule has 2 heterocycles. The molecule has 0 spiro atoms. The summed E-state index contributed by atoms with van der Waals surface area (Å²) in [6.07, 6.45) is 12.2. The molecule has 0 aliphatic heterocycles. The van der Waals surface area contributed by atoms with E-state index < -0.39 is 20.1 Å². The van der Waals surface area contributed by atoms with Crippen molar-refractivity contribution in [2.24, 2.45) is 9.69 Å². The number of imidazole rings is 1. The van der Waals surface area contributed by atoms with Gasteiger partial charge in [-0.25, -0.2) is 23.3 Å². The van der Waals surface area contributed by atoms with Gasteiger partial charge in [0.2, 0.25) is 5.91 Å². The number of halogens is 1. The summed E-state index contributed by atoms with van der Waals surface area (Å²) in [7, 11) is -4.07. The maximum Gasteiger partial charge on any atom is 0.228 e. The summed E-state index contributed by atoms with van der Waals surface area (Å²) in [5, 5.41) is 2.99. The van der Waals surface area contributed by atoms with Crippen LogP contribution >= 0.6 is 10.2 Å². The largest absolute Gasteiger partial charge is 0.328 e. The van der Waals surface area contributed by atoms with Crippen LogP contribution in [-0.4, -0.2) is 54.2 Å². The molecule has 0 saturated heterocycles. The molecule has 3 atom stereocenters. The van der Waals surface area contributed by atoms with E-state index in [1.165, 1.54) is 6.07 Å². The Balaban J connectivity index is 1.51. The van der Waals surface area contributed by atoms with Crippen LogP contribution in [0.25, 0.3) is 22.2 Å². The lowest BCUT2D eigenvalue weighted by Gasteiger charge is -2.41. The number of nitrogens with one attached hydrogen (secondary N) is 2. The molecular weight excluding hydrogens is 560 g/mol. The molecule has 2 aromatic heterocycles. The maximum absolute atomic E-state index is 15.0. The Hall–Kier alpha value is -2.50. The summed E-state index contributed by atoms with van der Waals surface area (Å²) < 4.78 is 38.4. The number of nitrogens with zero attached hydrogens (tertiary/aromatic N) is 4. The molecule has 1 aromatic carbocycles. The second kappa shape index (κ2) is 11.6. The summed E-state index contributed by atoms with van der Waals surface area (Å²) in [6, 6.07) is 5.31. The van der Waals surface area contributed by atoms with Gasteiger partial charge in [-0.1, -0.05) is 27.2 Å². The number of rotatable bonds is 7. The van der Waals surface area contributed by atoms with Crippen LogP contribution < -0.4 is 10.0 Å². The monoisotopic (exact) mass is 604 g/mol. The average molecular weight is 605 g/mol. The van der Waals surface area contributed by atoms with Gasteiger partial charge in [0.1, 0.15) is 21.2 Å². The first-order valence-electron chi connectivity index (χ1n) is 14.1. The van der Waals surface area contributed by atoms with Crippen molar-refractivity contribution < 1.29 is 13.4 Å². The lowest BCUT2D eigenvalue weighted by molar-refractivity contribution is -0.121. The molecule has 4 rings (SSSR count). The number of fused-ring (bicyclic) bond motifs is 1. The summed E-state index contributed by atoms with van der Waals surface area (Å²) in [5.74, 6) is -0.307. The topological polar surface area (TPSA) is 101 Å². The number of carbonyl (C=O) groups is 1. The molecule has 8 nitrogen and oxygen atoms in total. The Labute approximate surface area is 246 Å². The molecule has 0 radical (unpaired) electrons. The van der Waals surface area contributed by atoms with Crippen molar-refractivity contribution in [3.05, 3.63) is 42.1 Å². The molecule has 226 valence electrons. The minimum Gasteiger partial charge on any atom is -0.328 e. The first-order valence-corrected chi connectivity index (χ1v) is 18.5. The molecule has 1 fully saturated rings. The molecule has 1 aliphatic carbocycles. The van der Waals surface area contributed by atoms with Gasteiger partial charge in [0.25, 0.3) is 0 Å². The summed E-state index contributed by atoms with van der Waals surface area (Å²) in [6.45, 7) is 12.4. The van der Waals surface area contributed by atoms with E-state index in [2.05, 4.69) is 53.3 Å². The van der Waals surface area contributed by atoms with Crippen molar-refractivity contribution in [1.29, 1.82) is 0 Å². The van der Waals surface area contributed by atoms with E-state index in [1.807, 2.05) is 31.4 Å². The van der Waals surface area contributed by atoms with Crippen LogP contribution in [0.5, 0.6) is 0 Å². The highest BCUT2D eigenvalue weighted by molar-refractivity contribution is 8.35. The number of aryl methyl sites for hydroxylation is 1. The number of hydrogen-bond acceptors (Lipinski definition) is 5. The number of hydrogen-bond donors (Lipinski definition) is 2. The van der Waals surface area contributed by atoms with E-state index in [-0.39, 0.29) is 34.5 Å². The van der Waals surface area contributed by atoms with E-state index in [0.717, 1.165) is 35.9 Å². The van der Waals surface area contributed by atoms with Crippen molar-refractivity contribution in [3.63, 3.8) is 0 Å². The minimum atomic E-state index is -2.61. The third-order valence-corrected chi connectivity index (χ3v) is 14.5. The second-order valence-corrected chi connectivity index (χ2v) is 19.1. The SMILES string of the molecule is Cc1cnc(NC(=O)[C@H]2CCC[C@@H](NS(C)(=O)=NS(C)(C)C(C)(C)C)C2)cc1-c1cc(F)c2ncn(C(C)C)c2c1. The Morgan fingerprint density at radius 3 is 2.51 bits per heavy atom. The molecule has 41 heavy (non-hydrogen) atoms. The molecule has 1 aliphatic rings. The lowest BCUT2D eigenvalue weighted by Crippen LogP contribution is -2.41. The van der Waals surface area contributed by atoms with Crippen molar-refractivity contribution in [1.82, 2.24) is 19.3 Å². The predicted molar refractivity (Wildman–Crippen MR) is 171 cm³/mol. The van der Waals surface area contributed by atoms with E-state index in [4.69, 9.17) is 3.77 Å². The summed E-state index contributed by atoms with van der Waals surface area (Å²) >= 11 is 0. The highest BCUT2D eigenvalue weighted by atomic mass is 32.3. The highest BCUT2D eigenvalue weighted by Crippen LogP contribution is 2.54. The first-order chi connectivity index (χ1) is 19.0. The minimum absolute atomic E-state index is 0.0574. The fourth-order valence-electron chi connectivity index (χ4n) is 5.12. The highest BCUT2D eigenvalue weighted by Gasteiger charge is 2.32. The van der Waals surface area contributed by atoms with E-state index in [9.17, 15) is 9.00 Å². The number of aromatic nitrogens is 3. The Kier molecular flexibility index (Phi) is 8.93. The zero-order valence-electron chi connectivity index (χ0n) is 25.7. The molecular formula is C30H45FN6O2S2. The van der Waals surface area contributed by atoms with Gasteiger partial charge >= 0.3 is 0 Å². The zero-order chi connectivity index (χ0) is 30.3. The molecule has 11 heteroatoms. The van der Waals surface area contributed by atoms with Gasteiger partial charge in [0.15, 0.2) is 5.82 Å². The molecule has 2 N–H and O–H groups in total. The van der Waals surface area contributed by atoms with Crippen LogP contribution in [0.15, 0.2) is 34.5 Å². The van der Waals surface area contributed by atoms with Gasteiger partial charge in [-0.2, -0.15) is 3.77 Å². The standard InChI is InChI=1S/C30H45FN6O2S2/c1-19(2)37-18-33-28-25(31)14-22(15-26(28)37)24-16-27(32-17-20(24)3)34-29(38)21-11-10-12-23(13-21)35-41(9,39)36-40(7,8)30(4,5)6/h14-19,21,23H,10-13H2,1-9H3,(H,32,34,38)(H,35,36,39)/t21-,23+,41?/m0/s1. The molecule has 0 bridgehead atoms. The number of amides is 1. The number of anilines is 1. The van der Waals surface area contributed by atoms with Gasteiger partial charge in [-0.15, -0.1) is 10.2 Å². The summed E-state index contributed by atoms with van der Waals surface area (Å²) in [5.41, 5.74) is 3.45. The molecule has 1 amide bonds. The number of pyridine rings is 1. The average Bonchev–Trinajstić information content (AvgIpc) is 3.28. The molecule has 1 saturated carbocycles.